The number of ether oxygens (including phenoxy) is 5. The lowest BCUT2D eigenvalue weighted by Gasteiger charge is -2.19. The van der Waals surface area contributed by atoms with Crippen LogP contribution in [-0.2, 0) is 25.6 Å². The Morgan fingerprint density at radius 3 is 1.05 bits per heavy atom. The molecule has 8 rings (SSSR count). The normalized spacial score (nSPS) is 12.2. The van der Waals surface area contributed by atoms with Crippen LogP contribution in [-0.4, -0.2) is 104 Å². The second-order valence-corrected chi connectivity index (χ2v) is 26.6. The first kappa shape index (κ1) is 74.3. The van der Waals surface area contributed by atoms with Gasteiger partial charge in [-0.3, -0.25) is 0 Å². The van der Waals surface area contributed by atoms with E-state index in [1.165, 1.54) is 114 Å². The molecule has 0 fully saturated rings. The molecule has 0 aliphatic carbocycles. The fourth-order valence-corrected chi connectivity index (χ4v) is 12.3. The van der Waals surface area contributed by atoms with Crippen molar-refractivity contribution >= 4 is 0 Å². The van der Waals surface area contributed by atoms with Crippen LogP contribution in [0, 0.1) is 55.4 Å². The first-order valence-corrected chi connectivity index (χ1v) is 35.8. The van der Waals surface area contributed by atoms with Crippen LogP contribution in [0.4, 0.5) is 0 Å². The molecule has 8 aromatic rings. The van der Waals surface area contributed by atoms with Crippen molar-refractivity contribution < 1.29 is 39.0 Å². The van der Waals surface area contributed by atoms with Gasteiger partial charge in [0.15, 0.2) is 34.9 Å². The highest BCUT2D eigenvalue weighted by molar-refractivity contribution is 5.74. The lowest BCUT2D eigenvalue weighted by atomic mass is 10.0. The van der Waals surface area contributed by atoms with E-state index in [1.54, 1.807) is 18.2 Å². The maximum Gasteiger partial charge on any atom is 0.167 e. The van der Waals surface area contributed by atoms with Gasteiger partial charge in [-0.05, 0) is 127 Å². The largest absolute Gasteiger partial charge is 0.507 e. The summed E-state index contributed by atoms with van der Waals surface area (Å²) in [5.74, 6) is 3.42. The predicted molar refractivity (Wildman–Crippen MR) is 389 cm³/mol. The summed E-state index contributed by atoms with van der Waals surface area (Å²) < 4.78 is 30.7. The van der Waals surface area contributed by atoms with Crippen molar-refractivity contribution in [3.05, 3.63) is 159 Å². The van der Waals surface area contributed by atoms with Gasteiger partial charge in [0.25, 0.3) is 0 Å². The van der Waals surface area contributed by atoms with Gasteiger partial charge in [0, 0.05) is 48.1 Å². The van der Waals surface area contributed by atoms with Crippen molar-refractivity contribution in [1.82, 2.24) is 29.9 Å². The molecule has 96 heavy (non-hydrogen) atoms. The Bertz CT molecular complexity index is 3550. The molecule has 14 heteroatoms. The maximum absolute atomic E-state index is 11.6. The summed E-state index contributed by atoms with van der Waals surface area (Å²) >= 11 is 0. The zero-order valence-corrected chi connectivity index (χ0v) is 59.1. The molecular formula is C82H108N6O8. The van der Waals surface area contributed by atoms with Gasteiger partial charge in [-0.15, -0.1) is 0 Å². The summed E-state index contributed by atoms with van der Waals surface area (Å²) in [5.41, 5.74) is 14.3. The van der Waals surface area contributed by atoms with Gasteiger partial charge in [0.1, 0.15) is 36.1 Å². The molecule has 2 atom stereocenters. The van der Waals surface area contributed by atoms with Crippen molar-refractivity contribution in [3.63, 3.8) is 0 Å². The van der Waals surface area contributed by atoms with Crippen LogP contribution in [0.1, 0.15) is 192 Å². The zero-order chi connectivity index (χ0) is 68.0. The summed E-state index contributed by atoms with van der Waals surface area (Å²) in [6.07, 6.45) is 24.6. The Morgan fingerprint density at radius 1 is 0.333 bits per heavy atom. The van der Waals surface area contributed by atoms with Crippen LogP contribution in [0.2, 0.25) is 0 Å². The van der Waals surface area contributed by atoms with E-state index in [1.807, 2.05) is 50.2 Å². The van der Waals surface area contributed by atoms with Crippen molar-refractivity contribution in [2.75, 3.05) is 46.2 Å². The van der Waals surface area contributed by atoms with Crippen molar-refractivity contribution in [3.8, 4) is 85.6 Å². The third-order valence-corrected chi connectivity index (χ3v) is 17.8. The van der Waals surface area contributed by atoms with E-state index in [0.29, 0.717) is 84.9 Å². The lowest BCUT2D eigenvalue weighted by molar-refractivity contribution is -0.0645. The summed E-state index contributed by atoms with van der Waals surface area (Å²) in [5, 5.41) is 33.5. The van der Waals surface area contributed by atoms with E-state index in [4.69, 9.17) is 53.6 Å². The van der Waals surface area contributed by atoms with Crippen molar-refractivity contribution in [2.24, 2.45) is 0 Å². The maximum atomic E-state index is 11.6. The molecule has 14 nitrogen and oxygen atoms in total. The van der Waals surface area contributed by atoms with E-state index in [9.17, 15) is 15.3 Å². The van der Waals surface area contributed by atoms with E-state index in [2.05, 4.69) is 97.0 Å². The number of benzene rings is 6. The standard InChI is InChI=1S/C82H108N6O8/c1-10-11-12-13-14-15-16-19-23-26-29-44-93-55-68(56-94-52-65-35-41-73(75(90)50-65)81-85-77(69-37-31-57(2)46-61(69)6)83-78(86-81)70-38-32-58(3)47-62(70)7)95-45-30-27-24-21-18-17-20-22-25-28-43-92-53-66(89)54-96-67-36-42-74(76(91)51-67)82-87-79(71-39-33-59(4)48-63(71)8)84-80(88-82)72-40-34-60(5)49-64(72)9/h31-42,46-51,66,68,89-91H,10-30,43-45,52-56H2,1-9H3. The summed E-state index contributed by atoms with van der Waals surface area (Å²) in [6, 6.07) is 35.5. The molecule has 0 aliphatic heterocycles. The van der Waals surface area contributed by atoms with Gasteiger partial charge in [0.05, 0.1) is 37.6 Å². The molecule has 0 amide bonds. The minimum Gasteiger partial charge on any atom is -0.507 e. The van der Waals surface area contributed by atoms with Crippen LogP contribution in [0.5, 0.6) is 17.2 Å². The Balaban J connectivity index is 0.715. The number of aryl methyl sites for hydroxylation is 8. The first-order chi connectivity index (χ1) is 46.6. The number of aliphatic hydroxyl groups is 1. The predicted octanol–water partition coefficient (Wildman–Crippen LogP) is 19.5. The van der Waals surface area contributed by atoms with Gasteiger partial charge >= 0.3 is 0 Å². The third kappa shape index (κ3) is 24.0. The molecule has 0 bridgehead atoms. The molecule has 0 radical (unpaired) electrons. The van der Waals surface area contributed by atoms with Crippen LogP contribution in [0.15, 0.2) is 109 Å². The number of aliphatic hydroxyl groups excluding tert-OH is 1. The van der Waals surface area contributed by atoms with Crippen LogP contribution in [0.3, 0.4) is 0 Å². The Labute approximate surface area is 573 Å². The Kier molecular flexibility index (Phi) is 30.7. The fourth-order valence-electron chi connectivity index (χ4n) is 12.3. The summed E-state index contributed by atoms with van der Waals surface area (Å²) in [7, 11) is 0. The number of hydrogen-bond acceptors (Lipinski definition) is 14. The summed E-state index contributed by atoms with van der Waals surface area (Å²) in [4.78, 5) is 29.5. The average molecular weight is 1310 g/mol. The number of unbranched alkanes of at least 4 members (excludes halogenated alkanes) is 19. The number of aromatic nitrogens is 6. The fraction of sp³-hybridized carbons (Fsp3) is 0.488. The van der Waals surface area contributed by atoms with Crippen LogP contribution >= 0.6 is 0 Å². The van der Waals surface area contributed by atoms with Crippen molar-refractivity contribution in [1.29, 1.82) is 0 Å². The first-order valence-electron chi connectivity index (χ1n) is 35.8. The minimum atomic E-state index is -0.816. The molecule has 2 aromatic heterocycles. The van der Waals surface area contributed by atoms with E-state index in [0.717, 1.165) is 106 Å². The minimum absolute atomic E-state index is 0.0272. The number of aromatic hydroxyl groups is 2. The van der Waals surface area contributed by atoms with Crippen molar-refractivity contribution in [2.45, 2.75) is 216 Å². The zero-order valence-electron chi connectivity index (χ0n) is 59.1. The molecule has 0 saturated heterocycles. The number of hydrogen-bond donors (Lipinski definition) is 3. The number of rotatable bonds is 43. The Morgan fingerprint density at radius 2 is 0.667 bits per heavy atom. The van der Waals surface area contributed by atoms with Gasteiger partial charge in [-0.25, -0.2) is 29.9 Å². The summed E-state index contributed by atoms with van der Waals surface area (Å²) in [6.45, 7) is 22.1. The molecule has 2 heterocycles. The van der Waals surface area contributed by atoms with Gasteiger partial charge < -0.3 is 39.0 Å². The smallest absolute Gasteiger partial charge is 0.167 e. The number of phenols is 2. The molecule has 514 valence electrons. The lowest BCUT2D eigenvalue weighted by Crippen LogP contribution is -2.26. The average Bonchev–Trinajstić information content (AvgIpc) is 0.827. The van der Waals surface area contributed by atoms with E-state index in [-0.39, 0.29) is 30.8 Å². The van der Waals surface area contributed by atoms with Gasteiger partial charge in [-0.2, -0.15) is 0 Å². The highest BCUT2D eigenvalue weighted by Crippen LogP contribution is 2.36. The quantitative estimate of drug-likeness (QED) is 0.0307. The Hall–Kier alpha value is -7.46. The number of phenolic OH excluding ortho intramolecular Hbond substituents is 2. The highest BCUT2D eigenvalue weighted by atomic mass is 16.6. The second kappa shape index (κ2) is 39.7. The molecule has 0 saturated carbocycles. The molecule has 0 spiro atoms. The van der Waals surface area contributed by atoms with Crippen LogP contribution in [0.25, 0.3) is 68.3 Å². The van der Waals surface area contributed by atoms with E-state index >= 15 is 0 Å². The van der Waals surface area contributed by atoms with E-state index < -0.39 is 6.10 Å². The molecule has 6 aromatic carbocycles. The SMILES string of the molecule is CCCCCCCCCCCCCOCC(COCc1ccc(-c2nc(-c3ccc(C)cc3C)nc(-c3ccc(C)cc3C)n2)c(O)c1)OCCCCCCCCCCCCOCC(O)COc1ccc(-c2nc(-c3ccc(C)cc3C)nc(-c3ccc(C)cc3C)n2)c(O)c1. The van der Waals surface area contributed by atoms with Gasteiger partial charge in [-0.1, -0.05) is 224 Å². The number of nitrogens with zero attached hydrogens (tertiary/aromatic N) is 6. The van der Waals surface area contributed by atoms with Crippen LogP contribution < -0.4 is 4.74 Å². The third-order valence-electron chi connectivity index (χ3n) is 17.8. The molecule has 3 N–H and O–H groups in total. The highest BCUT2D eigenvalue weighted by Gasteiger charge is 2.21. The second-order valence-electron chi connectivity index (χ2n) is 26.6. The topological polar surface area (TPSA) is 184 Å². The molecule has 2 unspecified atom stereocenters. The monoisotopic (exact) mass is 1300 g/mol. The van der Waals surface area contributed by atoms with Gasteiger partial charge in [0.2, 0.25) is 0 Å². The molecule has 0 aliphatic rings. The molecular weight excluding hydrogens is 1200 g/mol.